The molecule has 1 amide bonds. The molecule has 2 aromatic carbocycles. The van der Waals surface area contributed by atoms with Gasteiger partial charge in [0.2, 0.25) is 0 Å². The molecule has 3 rings (SSSR count). The van der Waals surface area contributed by atoms with Crippen molar-refractivity contribution in [2.24, 2.45) is 0 Å². The van der Waals surface area contributed by atoms with E-state index in [4.69, 9.17) is 27.9 Å². The number of rotatable bonds is 3. The summed E-state index contributed by atoms with van der Waals surface area (Å²) in [4.78, 5) is 12.3. The van der Waals surface area contributed by atoms with Crippen molar-refractivity contribution >= 4 is 40.9 Å². The molecule has 4 nitrogen and oxygen atoms in total. The second kappa shape index (κ2) is 7.43. The quantitative estimate of drug-likeness (QED) is 0.619. The molecule has 1 aliphatic rings. The molecular weight excluding hydrogens is 359 g/mol. The third kappa shape index (κ3) is 4.03. The van der Waals surface area contributed by atoms with Crippen molar-refractivity contribution < 1.29 is 9.53 Å². The highest BCUT2D eigenvalue weighted by Gasteiger charge is 2.15. The minimum Gasteiger partial charge on any atom is -0.488 e. The zero-order valence-electron chi connectivity index (χ0n) is 12.9. The Labute approximate surface area is 154 Å². The minimum atomic E-state index is -0.534. The molecule has 0 spiro atoms. The second-order valence-corrected chi connectivity index (χ2v) is 6.14. The zero-order valence-corrected chi connectivity index (χ0v) is 14.4. The van der Waals surface area contributed by atoms with Gasteiger partial charge in [0.15, 0.2) is 0 Å². The lowest BCUT2D eigenvalue weighted by Gasteiger charge is -2.16. The van der Waals surface area contributed by atoms with Crippen molar-refractivity contribution in [3.05, 3.63) is 75.3 Å². The van der Waals surface area contributed by atoms with Crippen LogP contribution >= 0.6 is 23.2 Å². The summed E-state index contributed by atoms with van der Waals surface area (Å²) in [6, 6.07) is 14.0. The number of carbonyl (C=O) groups is 1. The first-order valence-corrected chi connectivity index (χ1v) is 8.13. The highest BCUT2D eigenvalue weighted by molar-refractivity contribution is 6.34. The number of hydrogen-bond donors (Lipinski definition) is 1. The average Bonchev–Trinajstić information content (AvgIpc) is 2.61. The van der Waals surface area contributed by atoms with Gasteiger partial charge in [0.05, 0.1) is 10.7 Å². The summed E-state index contributed by atoms with van der Waals surface area (Å²) in [6.07, 6.45) is 3.33. The summed E-state index contributed by atoms with van der Waals surface area (Å²) in [5, 5.41) is 12.9. The molecule has 0 aromatic heterocycles. The molecule has 0 fully saturated rings. The lowest BCUT2D eigenvalue weighted by molar-refractivity contribution is -0.112. The fraction of sp³-hybridized carbons (Fsp3) is 0.0526. The number of ether oxygens (including phenoxy) is 1. The normalized spacial score (nSPS) is 13.2. The van der Waals surface area contributed by atoms with Crippen molar-refractivity contribution in [3.63, 3.8) is 0 Å². The van der Waals surface area contributed by atoms with E-state index >= 15 is 0 Å². The summed E-state index contributed by atoms with van der Waals surface area (Å²) in [5.74, 6) is 0.175. The molecule has 0 saturated heterocycles. The third-order valence-corrected chi connectivity index (χ3v) is 4.09. The maximum absolute atomic E-state index is 12.3. The van der Waals surface area contributed by atoms with E-state index in [1.54, 1.807) is 42.5 Å². The summed E-state index contributed by atoms with van der Waals surface area (Å²) < 4.78 is 5.62. The van der Waals surface area contributed by atoms with Gasteiger partial charge in [0.1, 0.15) is 24.0 Å². The van der Waals surface area contributed by atoms with Crippen LogP contribution in [0.2, 0.25) is 10.0 Å². The standard InChI is InChI=1S/C19H12Cl2N2O2/c20-15-5-6-18-13(9-15)7-12(11-25-18)8-14(10-22)19(24)23-17-4-2-1-3-16(17)21/h1-9H,11H2,(H,23,24). The highest BCUT2D eigenvalue weighted by atomic mass is 35.5. The van der Waals surface area contributed by atoms with E-state index in [2.05, 4.69) is 5.32 Å². The number of hydrogen-bond acceptors (Lipinski definition) is 3. The van der Waals surface area contributed by atoms with Crippen LogP contribution in [0.3, 0.4) is 0 Å². The molecule has 0 atom stereocenters. The van der Waals surface area contributed by atoms with Crippen molar-refractivity contribution in [2.45, 2.75) is 0 Å². The first-order valence-electron chi connectivity index (χ1n) is 7.37. The van der Waals surface area contributed by atoms with E-state index in [0.717, 1.165) is 5.56 Å². The number of benzene rings is 2. The molecule has 0 unspecified atom stereocenters. The molecule has 1 N–H and O–H groups in total. The molecule has 124 valence electrons. The molecule has 1 heterocycles. The Morgan fingerprint density at radius 3 is 2.80 bits per heavy atom. The number of fused-ring (bicyclic) bond motifs is 1. The Kier molecular flexibility index (Phi) is 5.08. The summed E-state index contributed by atoms with van der Waals surface area (Å²) in [5.41, 5.74) is 1.90. The molecule has 2 aromatic rings. The second-order valence-electron chi connectivity index (χ2n) is 5.29. The molecule has 0 radical (unpaired) electrons. The Balaban J connectivity index is 1.85. The van der Waals surface area contributed by atoms with Crippen LogP contribution in [0.4, 0.5) is 5.69 Å². The van der Waals surface area contributed by atoms with Gasteiger partial charge in [-0.05, 0) is 48.1 Å². The number of amides is 1. The molecule has 0 bridgehead atoms. The van der Waals surface area contributed by atoms with Crippen LogP contribution in [-0.2, 0) is 4.79 Å². The Bertz CT molecular complexity index is 943. The topological polar surface area (TPSA) is 62.1 Å². The van der Waals surface area contributed by atoms with Gasteiger partial charge < -0.3 is 10.1 Å². The van der Waals surface area contributed by atoms with Crippen LogP contribution < -0.4 is 10.1 Å². The van der Waals surface area contributed by atoms with Crippen LogP contribution in [0, 0.1) is 11.3 Å². The smallest absolute Gasteiger partial charge is 0.266 e. The van der Waals surface area contributed by atoms with Crippen LogP contribution in [0.15, 0.2) is 59.7 Å². The SMILES string of the molecule is N#CC(=CC1=Cc2cc(Cl)ccc2OC1)C(=O)Nc1ccccc1Cl. The van der Waals surface area contributed by atoms with Gasteiger partial charge in [-0.1, -0.05) is 35.3 Å². The van der Waals surface area contributed by atoms with Gasteiger partial charge in [-0.25, -0.2) is 0 Å². The van der Waals surface area contributed by atoms with Gasteiger partial charge in [-0.3, -0.25) is 4.79 Å². The minimum absolute atomic E-state index is 0.0414. The van der Waals surface area contributed by atoms with Crippen molar-refractivity contribution in [1.29, 1.82) is 5.26 Å². The highest BCUT2D eigenvalue weighted by Crippen LogP contribution is 2.29. The van der Waals surface area contributed by atoms with Crippen molar-refractivity contribution in [3.8, 4) is 11.8 Å². The van der Waals surface area contributed by atoms with E-state index in [9.17, 15) is 10.1 Å². The van der Waals surface area contributed by atoms with Gasteiger partial charge in [-0.2, -0.15) is 5.26 Å². The lowest BCUT2D eigenvalue weighted by Crippen LogP contribution is -2.15. The Morgan fingerprint density at radius 1 is 1.24 bits per heavy atom. The molecule has 25 heavy (non-hydrogen) atoms. The number of halogens is 2. The fourth-order valence-corrected chi connectivity index (χ4v) is 2.70. The summed E-state index contributed by atoms with van der Waals surface area (Å²) >= 11 is 12.0. The Hall–Kier alpha value is -2.74. The Morgan fingerprint density at radius 2 is 2.04 bits per heavy atom. The summed E-state index contributed by atoms with van der Waals surface area (Å²) in [7, 11) is 0. The number of nitriles is 1. The maximum atomic E-state index is 12.3. The number of nitrogens with one attached hydrogen (secondary N) is 1. The lowest BCUT2D eigenvalue weighted by atomic mass is 10.0. The maximum Gasteiger partial charge on any atom is 0.266 e. The first kappa shape index (κ1) is 17.1. The molecule has 0 saturated carbocycles. The van der Waals surface area contributed by atoms with Gasteiger partial charge in [-0.15, -0.1) is 0 Å². The number of nitrogens with zero attached hydrogens (tertiary/aromatic N) is 1. The van der Waals surface area contributed by atoms with E-state index in [0.29, 0.717) is 27.1 Å². The van der Waals surface area contributed by atoms with Crippen LogP contribution in [0.5, 0.6) is 5.75 Å². The van der Waals surface area contributed by atoms with Crippen LogP contribution in [0.25, 0.3) is 6.08 Å². The first-order chi connectivity index (χ1) is 12.1. The number of carbonyl (C=O) groups excluding carboxylic acids is 1. The van der Waals surface area contributed by atoms with Crippen LogP contribution in [0.1, 0.15) is 5.56 Å². The van der Waals surface area contributed by atoms with Gasteiger partial charge in [0, 0.05) is 10.6 Å². The van der Waals surface area contributed by atoms with E-state index in [-0.39, 0.29) is 12.2 Å². The molecule has 1 aliphatic heterocycles. The monoisotopic (exact) mass is 370 g/mol. The van der Waals surface area contributed by atoms with Crippen molar-refractivity contribution in [2.75, 3.05) is 11.9 Å². The molecule has 6 heteroatoms. The fourth-order valence-electron chi connectivity index (χ4n) is 2.34. The number of para-hydroxylation sites is 1. The van der Waals surface area contributed by atoms with Gasteiger partial charge >= 0.3 is 0 Å². The van der Waals surface area contributed by atoms with E-state index < -0.39 is 5.91 Å². The average molecular weight is 371 g/mol. The summed E-state index contributed by atoms with van der Waals surface area (Å²) in [6.45, 7) is 0.263. The third-order valence-electron chi connectivity index (χ3n) is 3.52. The van der Waals surface area contributed by atoms with E-state index in [1.165, 1.54) is 6.08 Å². The predicted molar refractivity (Wildman–Crippen MR) is 98.7 cm³/mol. The zero-order chi connectivity index (χ0) is 17.8. The van der Waals surface area contributed by atoms with E-state index in [1.807, 2.05) is 12.1 Å². The number of anilines is 1. The largest absolute Gasteiger partial charge is 0.488 e. The predicted octanol–water partition coefficient (Wildman–Crippen LogP) is 4.86. The molecule has 0 aliphatic carbocycles. The van der Waals surface area contributed by atoms with Crippen LogP contribution in [-0.4, -0.2) is 12.5 Å². The van der Waals surface area contributed by atoms with Crippen molar-refractivity contribution in [1.82, 2.24) is 0 Å². The van der Waals surface area contributed by atoms with Gasteiger partial charge in [0.25, 0.3) is 5.91 Å². The molecular formula is C19H12Cl2N2O2.